The van der Waals surface area contributed by atoms with Crippen LogP contribution >= 0.6 is 0 Å². The molecule has 0 saturated heterocycles. The number of benzene rings is 1. The molecule has 0 bridgehead atoms. The molecule has 0 aliphatic carbocycles. The van der Waals surface area contributed by atoms with Crippen LogP contribution in [0.15, 0.2) is 47.4 Å². The Morgan fingerprint density at radius 1 is 1.26 bits per heavy atom. The van der Waals surface area contributed by atoms with Crippen molar-refractivity contribution in [1.82, 2.24) is 4.98 Å². The van der Waals surface area contributed by atoms with E-state index in [-0.39, 0.29) is 5.56 Å². The molecule has 2 rings (SSSR count). The van der Waals surface area contributed by atoms with Crippen molar-refractivity contribution in [2.45, 2.75) is 13.0 Å². The monoisotopic (exact) mass is 311 g/mol. The molecule has 0 aliphatic rings. The van der Waals surface area contributed by atoms with E-state index in [1.54, 1.807) is 24.3 Å². The standard InChI is InChI=1S/C16H13N3O4/c1-10(23-16(22)12-6-4-8-18-15(12)21)14(20)19-13-7-3-2-5-11(13)9-17/h2-8,10H,1H3,(H,18,21)(H,19,20)/t10-/m0/s1. The van der Waals surface area contributed by atoms with Gasteiger partial charge in [0.2, 0.25) is 0 Å². The zero-order chi connectivity index (χ0) is 16.8. The number of ether oxygens (including phenoxy) is 1. The number of amides is 1. The summed E-state index contributed by atoms with van der Waals surface area (Å²) in [4.78, 5) is 37.8. The summed E-state index contributed by atoms with van der Waals surface area (Å²) < 4.78 is 4.97. The summed E-state index contributed by atoms with van der Waals surface area (Å²) in [7, 11) is 0. The molecular formula is C16H13N3O4. The van der Waals surface area contributed by atoms with E-state index in [9.17, 15) is 14.4 Å². The number of pyridine rings is 1. The van der Waals surface area contributed by atoms with E-state index in [0.29, 0.717) is 11.3 Å². The number of rotatable bonds is 4. The Hall–Kier alpha value is -3.40. The quantitative estimate of drug-likeness (QED) is 0.829. The molecule has 0 spiro atoms. The molecule has 0 radical (unpaired) electrons. The zero-order valence-electron chi connectivity index (χ0n) is 12.2. The molecule has 2 aromatic rings. The van der Waals surface area contributed by atoms with Crippen LogP contribution in [-0.4, -0.2) is 23.0 Å². The Bertz CT molecular complexity index is 835. The molecule has 1 atom stereocenters. The number of aromatic nitrogens is 1. The van der Waals surface area contributed by atoms with Crippen LogP contribution in [0, 0.1) is 11.3 Å². The second-order valence-corrected chi connectivity index (χ2v) is 4.61. The third-order valence-corrected chi connectivity index (χ3v) is 3.00. The third kappa shape index (κ3) is 3.83. The van der Waals surface area contributed by atoms with Gasteiger partial charge < -0.3 is 15.0 Å². The Morgan fingerprint density at radius 3 is 2.70 bits per heavy atom. The van der Waals surface area contributed by atoms with Gasteiger partial charge in [0, 0.05) is 6.20 Å². The Morgan fingerprint density at radius 2 is 2.00 bits per heavy atom. The zero-order valence-corrected chi connectivity index (χ0v) is 12.2. The summed E-state index contributed by atoms with van der Waals surface area (Å²) in [6, 6.07) is 11.2. The molecule has 7 nitrogen and oxygen atoms in total. The first-order chi connectivity index (χ1) is 11.0. The van der Waals surface area contributed by atoms with E-state index in [0.717, 1.165) is 0 Å². The van der Waals surface area contributed by atoms with Gasteiger partial charge in [-0.3, -0.25) is 9.59 Å². The van der Waals surface area contributed by atoms with E-state index in [2.05, 4.69) is 10.3 Å². The SMILES string of the molecule is C[C@H](OC(=O)c1ccc[nH]c1=O)C(=O)Nc1ccccc1C#N. The molecule has 116 valence electrons. The molecule has 0 unspecified atom stereocenters. The molecule has 7 heteroatoms. The van der Waals surface area contributed by atoms with Crippen molar-refractivity contribution in [3.63, 3.8) is 0 Å². The van der Waals surface area contributed by atoms with Crippen LogP contribution in [0.3, 0.4) is 0 Å². The largest absolute Gasteiger partial charge is 0.449 e. The van der Waals surface area contributed by atoms with Gasteiger partial charge in [0.1, 0.15) is 11.6 Å². The van der Waals surface area contributed by atoms with Crippen LogP contribution in [0.25, 0.3) is 0 Å². The van der Waals surface area contributed by atoms with Gasteiger partial charge in [-0.15, -0.1) is 0 Å². The van der Waals surface area contributed by atoms with Crippen molar-refractivity contribution in [2.24, 2.45) is 0 Å². The Balaban J connectivity index is 2.06. The molecular weight excluding hydrogens is 298 g/mol. The fourth-order valence-electron chi connectivity index (χ4n) is 1.78. The number of para-hydroxylation sites is 1. The van der Waals surface area contributed by atoms with Crippen molar-refractivity contribution >= 4 is 17.6 Å². The molecule has 1 heterocycles. The van der Waals surface area contributed by atoms with Gasteiger partial charge in [-0.2, -0.15) is 5.26 Å². The number of hydrogen-bond acceptors (Lipinski definition) is 5. The number of hydrogen-bond donors (Lipinski definition) is 2. The van der Waals surface area contributed by atoms with E-state index >= 15 is 0 Å². The maximum Gasteiger partial charge on any atom is 0.344 e. The second-order valence-electron chi connectivity index (χ2n) is 4.61. The fourth-order valence-corrected chi connectivity index (χ4v) is 1.78. The molecule has 1 amide bonds. The summed E-state index contributed by atoms with van der Waals surface area (Å²) in [6.07, 6.45) is 0.252. The molecule has 0 fully saturated rings. The van der Waals surface area contributed by atoms with Crippen LogP contribution in [0.1, 0.15) is 22.8 Å². The smallest absolute Gasteiger partial charge is 0.344 e. The highest BCUT2D eigenvalue weighted by Gasteiger charge is 2.21. The van der Waals surface area contributed by atoms with Crippen LogP contribution < -0.4 is 10.9 Å². The van der Waals surface area contributed by atoms with Crippen molar-refractivity contribution in [1.29, 1.82) is 5.26 Å². The number of esters is 1. The lowest BCUT2D eigenvalue weighted by Gasteiger charge is -2.13. The highest BCUT2D eigenvalue weighted by Crippen LogP contribution is 2.14. The van der Waals surface area contributed by atoms with E-state index in [1.807, 2.05) is 6.07 Å². The average molecular weight is 311 g/mol. The maximum absolute atomic E-state index is 12.0. The fraction of sp³-hybridized carbons (Fsp3) is 0.125. The topological polar surface area (TPSA) is 112 Å². The number of nitrogens with one attached hydrogen (secondary N) is 2. The van der Waals surface area contributed by atoms with E-state index in [4.69, 9.17) is 10.00 Å². The molecule has 1 aromatic carbocycles. The van der Waals surface area contributed by atoms with Gasteiger partial charge in [-0.1, -0.05) is 12.1 Å². The van der Waals surface area contributed by atoms with Crippen molar-refractivity contribution in [3.8, 4) is 6.07 Å². The molecule has 2 N–H and O–H groups in total. The van der Waals surface area contributed by atoms with E-state index < -0.39 is 23.5 Å². The van der Waals surface area contributed by atoms with Gasteiger partial charge in [0.15, 0.2) is 6.10 Å². The predicted octanol–water partition coefficient (Wildman–Crippen LogP) is 1.43. The molecule has 0 saturated carbocycles. The normalized spacial score (nSPS) is 11.1. The first kappa shape index (κ1) is 16.0. The van der Waals surface area contributed by atoms with Crippen molar-refractivity contribution in [3.05, 3.63) is 64.1 Å². The lowest BCUT2D eigenvalue weighted by Crippen LogP contribution is -2.31. The van der Waals surface area contributed by atoms with Gasteiger partial charge in [-0.05, 0) is 31.2 Å². The van der Waals surface area contributed by atoms with E-state index in [1.165, 1.54) is 25.3 Å². The summed E-state index contributed by atoms with van der Waals surface area (Å²) in [6.45, 7) is 1.37. The first-order valence-corrected chi connectivity index (χ1v) is 6.71. The number of carbonyl (C=O) groups is 2. The molecule has 23 heavy (non-hydrogen) atoms. The van der Waals surface area contributed by atoms with Gasteiger partial charge in [-0.25, -0.2) is 4.79 Å². The number of aromatic amines is 1. The minimum absolute atomic E-state index is 0.190. The third-order valence-electron chi connectivity index (χ3n) is 3.00. The van der Waals surface area contributed by atoms with Crippen LogP contribution in [0.4, 0.5) is 5.69 Å². The first-order valence-electron chi connectivity index (χ1n) is 6.71. The van der Waals surface area contributed by atoms with Crippen molar-refractivity contribution < 1.29 is 14.3 Å². The average Bonchev–Trinajstić information content (AvgIpc) is 2.55. The van der Waals surface area contributed by atoms with Crippen LogP contribution in [0.2, 0.25) is 0 Å². The Labute approximate surface area is 131 Å². The van der Waals surface area contributed by atoms with Crippen LogP contribution in [-0.2, 0) is 9.53 Å². The highest BCUT2D eigenvalue weighted by molar-refractivity contribution is 5.97. The van der Waals surface area contributed by atoms with Crippen LogP contribution in [0.5, 0.6) is 0 Å². The number of nitriles is 1. The number of nitrogens with zero attached hydrogens (tertiary/aromatic N) is 1. The summed E-state index contributed by atoms with van der Waals surface area (Å²) in [5.41, 5.74) is -0.177. The summed E-state index contributed by atoms with van der Waals surface area (Å²) >= 11 is 0. The summed E-state index contributed by atoms with van der Waals surface area (Å²) in [5, 5.41) is 11.5. The molecule has 1 aromatic heterocycles. The minimum Gasteiger partial charge on any atom is -0.449 e. The number of carbonyl (C=O) groups excluding carboxylic acids is 2. The van der Waals surface area contributed by atoms with Gasteiger partial charge >= 0.3 is 5.97 Å². The Kier molecular flexibility index (Phi) is 4.89. The van der Waals surface area contributed by atoms with Gasteiger partial charge in [0.25, 0.3) is 11.5 Å². The summed E-state index contributed by atoms with van der Waals surface area (Å²) in [5.74, 6) is -1.50. The second kappa shape index (κ2) is 7.04. The predicted molar refractivity (Wildman–Crippen MR) is 81.7 cm³/mol. The van der Waals surface area contributed by atoms with Gasteiger partial charge in [0.05, 0.1) is 11.3 Å². The highest BCUT2D eigenvalue weighted by atomic mass is 16.5. The molecule has 0 aliphatic heterocycles. The number of anilines is 1. The lowest BCUT2D eigenvalue weighted by atomic mass is 10.2. The number of H-pyrrole nitrogens is 1. The minimum atomic E-state index is -1.13. The van der Waals surface area contributed by atoms with Crippen molar-refractivity contribution in [2.75, 3.05) is 5.32 Å². The maximum atomic E-state index is 12.0. The lowest BCUT2D eigenvalue weighted by molar-refractivity contribution is -0.123.